The largest absolute Gasteiger partial charge is 0.369 e. The number of nitrogens with two attached hydrogens (primary N) is 1. The average molecular weight is 295 g/mol. The Morgan fingerprint density at radius 2 is 2.15 bits per heavy atom. The molecule has 20 heavy (non-hydrogen) atoms. The minimum Gasteiger partial charge on any atom is -0.369 e. The zero-order valence-corrected chi connectivity index (χ0v) is 11.8. The number of halogens is 1. The fourth-order valence-electron chi connectivity index (χ4n) is 2.63. The van der Waals surface area contributed by atoms with Crippen LogP contribution in [-0.2, 0) is 4.79 Å². The lowest BCUT2D eigenvalue weighted by molar-refractivity contribution is -0.122. The molecular weight excluding hydrogens is 280 g/mol. The molecule has 1 fully saturated rings. The van der Waals surface area contributed by atoms with Gasteiger partial charge in [-0.1, -0.05) is 11.6 Å². The van der Waals surface area contributed by atoms with E-state index < -0.39 is 0 Å². The van der Waals surface area contributed by atoms with Gasteiger partial charge in [0.1, 0.15) is 17.3 Å². The highest BCUT2D eigenvalue weighted by atomic mass is 35.5. The number of aromatic nitrogens is 4. The van der Waals surface area contributed by atoms with Crippen molar-refractivity contribution in [2.75, 3.05) is 18.0 Å². The van der Waals surface area contributed by atoms with Gasteiger partial charge in [-0.05, 0) is 19.8 Å². The second kappa shape index (κ2) is 4.90. The number of anilines is 1. The average Bonchev–Trinajstić information content (AvgIpc) is 2.88. The third-order valence-corrected chi connectivity index (χ3v) is 4.14. The third-order valence-electron chi connectivity index (χ3n) is 3.77. The maximum absolute atomic E-state index is 11.2. The lowest BCUT2D eigenvalue weighted by Crippen LogP contribution is -2.39. The van der Waals surface area contributed by atoms with Crippen molar-refractivity contribution in [1.29, 1.82) is 0 Å². The molecule has 1 amide bonds. The molecule has 2 N–H and O–H groups in total. The number of piperidine rings is 1. The molecular formula is C12H15ClN6O. The van der Waals surface area contributed by atoms with Gasteiger partial charge in [0.25, 0.3) is 5.78 Å². The van der Waals surface area contributed by atoms with Crippen LogP contribution in [0.25, 0.3) is 5.78 Å². The molecule has 1 aliphatic rings. The summed E-state index contributed by atoms with van der Waals surface area (Å²) in [5, 5.41) is 4.63. The van der Waals surface area contributed by atoms with E-state index in [9.17, 15) is 4.79 Å². The van der Waals surface area contributed by atoms with E-state index in [-0.39, 0.29) is 11.8 Å². The molecule has 1 saturated heterocycles. The van der Waals surface area contributed by atoms with E-state index in [4.69, 9.17) is 17.3 Å². The summed E-state index contributed by atoms with van der Waals surface area (Å²) in [5.41, 5.74) is 6.23. The predicted octanol–water partition coefficient (Wildman–Crippen LogP) is 0.788. The van der Waals surface area contributed by atoms with Gasteiger partial charge in [-0.3, -0.25) is 4.79 Å². The molecule has 1 aliphatic heterocycles. The standard InChI is InChI=1S/C12H15ClN6O/c1-7-9(13)17-12-15-6-16-19(12)11(7)18-4-2-8(3-5-18)10(14)20/h6,8H,2-5H2,1H3,(H2,14,20). The Hall–Kier alpha value is -1.89. The summed E-state index contributed by atoms with van der Waals surface area (Å²) in [6.07, 6.45) is 2.94. The minimum atomic E-state index is -0.222. The number of amides is 1. The first-order valence-corrected chi connectivity index (χ1v) is 6.86. The highest BCUT2D eigenvalue weighted by molar-refractivity contribution is 6.30. The maximum atomic E-state index is 11.2. The monoisotopic (exact) mass is 294 g/mol. The molecule has 2 aromatic rings. The molecule has 0 unspecified atom stereocenters. The van der Waals surface area contributed by atoms with Crippen molar-refractivity contribution in [1.82, 2.24) is 19.6 Å². The van der Waals surface area contributed by atoms with E-state index in [2.05, 4.69) is 20.0 Å². The Labute approximate surface area is 120 Å². The van der Waals surface area contributed by atoms with Crippen molar-refractivity contribution < 1.29 is 4.79 Å². The summed E-state index contributed by atoms with van der Waals surface area (Å²) >= 11 is 6.16. The summed E-state index contributed by atoms with van der Waals surface area (Å²) in [5.74, 6) is 1.10. The molecule has 106 valence electrons. The molecule has 8 heteroatoms. The predicted molar refractivity (Wildman–Crippen MR) is 74.7 cm³/mol. The lowest BCUT2D eigenvalue weighted by Gasteiger charge is -2.33. The highest BCUT2D eigenvalue weighted by Crippen LogP contribution is 2.29. The highest BCUT2D eigenvalue weighted by Gasteiger charge is 2.26. The summed E-state index contributed by atoms with van der Waals surface area (Å²) in [6, 6.07) is 0. The second-order valence-corrected chi connectivity index (χ2v) is 5.34. The number of rotatable bonds is 2. The number of primary amides is 1. The molecule has 0 saturated carbocycles. The van der Waals surface area contributed by atoms with Crippen LogP contribution in [0.15, 0.2) is 6.33 Å². The fourth-order valence-corrected chi connectivity index (χ4v) is 2.79. The Bertz CT molecular complexity index is 661. The maximum Gasteiger partial charge on any atom is 0.255 e. The quantitative estimate of drug-likeness (QED) is 0.827. The lowest BCUT2D eigenvalue weighted by atomic mass is 9.96. The molecule has 0 atom stereocenters. The van der Waals surface area contributed by atoms with E-state index >= 15 is 0 Å². The van der Waals surface area contributed by atoms with Crippen LogP contribution in [0, 0.1) is 12.8 Å². The number of fused-ring (bicyclic) bond motifs is 1. The van der Waals surface area contributed by atoms with Crippen molar-refractivity contribution in [3.8, 4) is 0 Å². The van der Waals surface area contributed by atoms with E-state index in [1.165, 1.54) is 6.33 Å². The van der Waals surface area contributed by atoms with Crippen LogP contribution in [0.5, 0.6) is 0 Å². The minimum absolute atomic E-state index is 0.0462. The zero-order valence-electron chi connectivity index (χ0n) is 11.1. The molecule has 0 aromatic carbocycles. The summed E-state index contributed by atoms with van der Waals surface area (Å²) in [4.78, 5) is 21.7. The van der Waals surface area contributed by atoms with Crippen molar-refractivity contribution in [2.24, 2.45) is 11.7 Å². The molecule has 0 bridgehead atoms. The normalized spacial score (nSPS) is 16.8. The van der Waals surface area contributed by atoms with E-state index in [1.54, 1.807) is 4.52 Å². The van der Waals surface area contributed by atoms with Crippen LogP contribution in [0.4, 0.5) is 5.82 Å². The van der Waals surface area contributed by atoms with Crippen molar-refractivity contribution >= 4 is 29.1 Å². The van der Waals surface area contributed by atoms with Gasteiger partial charge >= 0.3 is 0 Å². The van der Waals surface area contributed by atoms with Gasteiger partial charge in [-0.25, -0.2) is 0 Å². The van der Waals surface area contributed by atoms with Gasteiger partial charge in [0.05, 0.1) is 0 Å². The molecule has 0 radical (unpaired) electrons. The first-order valence-electron chi connectivity index (χ1n) is 6.48. The van der Waals surface area contributed by atoms with Gasteiger partial charge < -0.3 is 10.6 Å². The van der Waals surface area contributed by atoms with E-state index in [0.717, 1.165) is 37.3 Å². The first kappa shape index (κ1) is 13.1. The van der Waals surface area contributed by atoms with Crippen LogP contribution in [0.1, 0.15) is 18.4 Å². The topological polar surface area (TPSA) is 89.4 Å². The van der Waals surface area contributed by atoms with Gasteiger partial charge in [0.2, 0.25) is 5.91 Å². The summed E-state index contributed by atoms with van der Waals surface area (Å²) in [6.45, 7) is 3.39. The Kier molecular flexibility index (Phi) is 3.21. The van der Waals surface area contributed by atoms with Crippen molar-refractivity contribution in [2.45, 2.75) is 19.8 Å². The van der Waals surface area contributed by atoms with Crippen LogP contribution in [-0.4, -0.2) is 38.6 Å². The SMILES string of the molecule is Cc1c(Cl)nc2ncnn2c1N1CCC(C(N)=O)CC1. The Balaban J connectivity index is 1.97. The van der Waals surface area contributed by atoms with Crippen LogP contribution >= 0.6 is 11.6 Å². The van der Waals surface area contributed by atoms with Crippen molar-refractivity contribution in [3.05, 3.63) is 17.0 Å². The zero-order chi connectivity index (χ0) is 14.3. The van der Waals surface area contributed by atoms with Gasteiger partial charge in [-0.2, -0.15) is 19.6 Å². The van der Waals surface area contributed by atoms with Gasteiger partial charge in [0.15, 0.2) is 0 Å². The fraction of sp³-hybridized carbons (Fsp3) is 0.500. The van der Waals surface area contributed by atoms with Crippen LogP contribution in [0.3, 0.4) is 0 Å². The molecule has 3 rings (SSSR count). The summed E-state index contributed by atoms with van der Waals surface area (Å²) in [7, 11) is 0. The van der Waals surface area contributed by atoms with Gasteiger partial charge in [-0.15, -0.1) is 0 Å². The number of carbonyl (C=O) groups is 1. The number of hydrogen-bond donors (Lipinski definition) is 1. The van der Waals surface area contributed by atoms with Crippen LogP contribution in [0.2, 0.25) is 5.15 Å². The smallest absolute Gasteiger partial charge is 0.255 e. The number of carbonyl (C=O) groups excluding carboxylic acids is 1. The number of nitrogens with zero attached hydrogens (tertiary/aromatic N) is 5. The third kappa shape index (κ3) is 2.07. The first-order chi connectivity index (χ1) is 9.58. The summed E-state index contributed by atoms with van der Waals surface area (Å²) < 4.78 is 1.69. The van der Waals surface area contributed by atoms with E-state index in [0.29, 0.717) is 10.9 Å². The second-order valence-electron chi connectivity index (χ2n) is 4.99. The van der Waals surface area contributed by atoms with Crippen molar-refractivity contribution in [3.63, 3.8) is 0 Å². The van der Waals surface area contributed by atoms with Gasteiger partial charge in [0, 0.05) is 24.6 Å². The molecule has 0 spiro atoms. The molecule has 2 aromatic heterocycles. The molecule has 7 nitrogen and oxygen atoms in total. The Morgan fingerprint density at radius 3 is 2.80 bits per heavy atom. The van der Waals surface area contributed by atoms with E-state index in [1.807, 2.05) is 6.92 Å². The Morgan fingerprint density at radius 1 is 1.45 bits per heavy atom. The molecule has 3 heterocycles. The van der Waals surface area contributed by atoms with Crippen LogP contribution < -0.4 is 10.6 Å². The number of hydrogen-bond acceptors (Lipinski definition) is 5. The molecule has 0 aliphatic carbocycles.